The molecule has 19 heavy (non-hydrogen) atoms. The molecule has 96 valence electrons. The van der Waals surface area contributed by atoms with Gasteiger partial charge in [0, 0.05) is 13.2 Å². The maximum Gasteiger partial charge on any atom is 0.328 e. The number of H-pyrrole nitrogens is 1. The third-order valence-corrected chi connectivity index (χ3v) is 2.60. The van der Waals surface area contributed by atoms with Gasteiger partial charge in [-0.2, -0.15) is 0 Å². The van der Waals surface area contributed by atoms with Gasteiger partial charge >= 0.3 is 5.69 Å². The van der Waals surface area contributed by atoms with E-state index in [-0.39, 0.29) is 5.56 Å². The van der Waals surface area contributed by atoms with Gasteiger partial charge in [-0.25, -0.2) is 4.79 Å². The molecule has 0 saturated carbocycles. The van der Waals surface area contributed by atoms with Crippen LogP contribution in [0, 0.1) is 0 Å². The number of ketones is 1. The van der Waals surface area contributed by atoms with Gasteiger partial charge in [0.05, 0.1) is 0 Å². The lowest BCUT2D eigenvalue weighted by Crippen LogP contribution is -2.31. The van der Waals surface area contributed by atoms with Crippen LogP contribution >= 0.6 is 0 Å². The van der Waals surface area contributed by atoms with Crippen molar-refractivity contribution >= 4 is 11.9 Å². The Kier molecular flexibility index (Phi) is 3.56. The molecule has 0 atom stereocenters. The summed E-state index contributed by atoms with van der Waals surface area (Å²) in [5.74, 6) is -0.444. The zero-order valence-electron chi connectivity index (χ0n) is 10.3. The molecule has 1 heterocycles. The molecule has 0 radical (unpaired) electrons. The second-order valence-corrected chi connectivity index (χ2v) is 4.02. The fourth-order valence-corrected chi connectivity index (χ4v) is 1.56. The van der Waals surface area contributed by atoms with Gasteiger partial charge in [0.25, 0.3) is 5.56 Å². The molecule has 0 bridgehead atoms. The molecule has 0 aliphatic carbocycles. The van der Waals surface area contributed by atoms with Crippen LogP contribution in [0.15, 0.2) is 52.2 Å². The normalized spacial score (nSPS) is 10.8. The number of hydrogen-bond donors (Lipinski definition) is 1. The summed E-state index contributed by atoms with van der Waals surface area (Å²) in [7, 11) is 1.47. The van der Waals surface area contributed by atoms with Crippen LogP contribution in [-0.2, 0) is 7.05 Å². The van der Waals surface area contributed by atoms with Crippen molar-refractivity contribution in [3.8, 4) is 0 Å². The quantitative estimate of drug-likeness (QED) is 0.657. The minimum atomic E-state index is -0.675. The Bertz CT molecular complexity index is 739. The number of allylic oxidation sites excluding steroid dienone is 1. The van der Waals surface area contributed by atoms with Gasteiger partial charge in [-0.1, -0.05) is 36.4 Å². The second-order valence-electron chi connectivity index (χ2n) is 4.02. The van der Waals surface area contributed by atoms with E-state index >= 15 is 0 Å². The topological polar surface area (TPSA) is 71.9 Å². The summed E-state index contributed by atoms with van der Waals surface area (Å²) in [4.78, 5) is 36.7. The van der Waals surface area contributed by atoms with E-state index in [4.69, 9.17) is 0 Å². The van der Waals surface area contributed by atoms with Crippen molar-refractivity contribution in [3.05, 3.63) is 74.6 Å². The summed E-state index contributed by atoms with van der Waals surface area (Å²) < 4.78 is 1.16. The van der Waals surface area contributed by atoms with Crippen molar-refractivity contribution in [2.45, 2.75) is 0 Å². The van der Waals surface area contributed by atoms with Gasteiger partial charge in [0.15, 0.2) is 5.78 Å². The number of carbonyl (C=O) groups is 1. The highest BCUT2D eigenvalue weighted by molar-refractivity contribution is 6.06. The zero-order valence-corrected chi connectivity index (χ0v) is 10.3. The van der Waals surface area contributed by atoms with Crippen LogP contribution in [0.25, 0.3) is 6.08 Å². The molecule has 0 saturated heterocycles. The van der Waals surface area contributed by atoms with E-state index in [1.54, 1.807) is 6.08 Å². The van der Waals surface area contributed by atoms with Crippen molar-refractivity contribution in [1.82, 2.24) is 9.55 Å². The summed E-state index contributed by atoms with van der Waals surface area (Å²) in [6.07, 6.45) is 4.16. The average Bonchev–Trinajstić information content (AvgIpc) is 2.41. The summed E-state index contributed by atoms with van der Waals surface area (Å²) in [6.45, 7) is 0. The van der Waals surface area contributed by atoms with Gasteiger partial charge in [0.2, 0.25) is 0 Å². The molecule has 2 aromatic rings. The Morgan fingerprint density at radius 1 is 1.21 bits per heavy atom. The van der Waals surface area contributed by atoms with Gasteiger partial charge in [-0.15, -0.1) is 0 Å². The number of aromatic amines is 1. The molecule has 0 fully saturated rings. The second kappa shape index (κ2) is 5.30. The molecular formula is C14H12N2O3. The highest BCUT2D eigenvalue weighted by Gasteiger charge is 2.08. The number of benzene rings is 1. The first-order valence-electron chi connectivity index (χ1n) is 5.65. The highest BCUT2D eigenvalue weighted by atomic mass is 16.2. The predicted octanol–water partition coefficient (Wildman–Crippen LogP) is 0.970. The van der Waals surface area contributed by atoms with E-state index < -0.39 is 17.0 Å². The smallest absolute Gasteiger partial charge is 0.303 e. The Morgan fingerprint density at radius 2 is 1.89 bits per heavy atom. The third-order valence-electron chi connectivity index (χ3n) is 2.60. The Morgan fingerprint density at radius 3 is 2.58 bits per heavy atom. The Balaban J connectivity index is 2.31. The third kappa shape index (κ3) is 2.95. The lowest BCUT2D eigenvalue weighted by atomic mass is 10.1. The van der Waals surface area contributed by atoms with E-state index in [0.717, 1.165) is 10.1 Å². The molecule has 2 rings (SSSR count). The van der Waals surface area contributed by atoms with E-state index in [9.17, 15) is 14.4 Å². The van der Waals surface area contributed by atoms with E-state index in [1.165, 1.54) is 19.3 Å². The fourth-order valence-electron chi connectivity index (χ4n) is 1.56. The largest absolute Gasteiger partial charge is 0.328 e. The van der Waals surface area contributed by atoms with E-state index in [0.29, 0.717) is 0 Å². The van der Waals surface area contributed by atoms with Crippen LogP contribution in [-0.4, -0.2) is 15.3 Å². The van der Waals surface area contributed by atoms with Crippen molar-refractivity contribution in [2.24, 2.45) is 7.05 Å². The van der Waals surface area contributed by atoms with Crippen LogP contribution in [0.2, 0.25) is 0 Å². The average molecular weight is 256 g/mol. The minimum absolute atomic E-state index is 0.0609. The number of rotatable bonds is 3. The standard InChI is InChI=1S/C14H12N2O3/c1-16-9-11(13(18)15-14(16)19)12(17)8-7-10-5-3-2-4-6-10/h2-9H,1H3,(H,15,18,19)/b8-7+. The molecule has 0 aliphatic heterocycles. The lowest BCUT2D eigenvalue weighted by Gasteiger charge is -1.98. The van der Waals surface area contributed by atoms with E-state index in [1.807, 2.05) is 30.3 Å². The van der Waals surface area contributed by atoms with Gasteiger partial charge < -0.3 is 4.57 Å². The number of carbonyl (C=O) groups excluding carboxylic acids is 1. The van der Waals surface area contributed by atoms with Gasteiger partial charge in [-0.05, 0) is 11.6 Å². The maximum atomic E-state index is 11.9. The van der Waals surface area contributed by atoms with Gasteiger partial charge in [0.1, 0.15) is 5.56 Å². The molecule has 1 aromatic heterocycles. The number of nitrogens with one attached hydrogen (secondary N) is 1. The number of aryl methyl sites for hydroxylation is 1. The van der Waals surface area contributed by atoms with Crippen LogP contribution in [0.1, 0.15) is 15.9 Å². The van der Waals surface area contributed by atoms with Crippen LogP contribution in [0.4, 0.5) is 0 Å². The van der Waals surface area contributed by atoms with Crippen molar-refractivity contribution in [1.29, 1.82) is 0 Å². The molecule has 0 aliphatic rings. The molecule has 0 amide bonds. The first-order chi connectivity index (χ1) is 9.08. The first-order valence-corrected chi connectivity index (χ1v) is 5.65. The highest BCUT2D eigenvalue weighted by Crippen LogP contribution is 2.02. The summed E-state index contributed by atoms with van der Waals surface area (Å²) in [5, 5.41) is 0. The number of nitrogens with zero attached hydrogens (tertiary/aromatic N) is 1. The molecule has 5 nitrogen and oxygen atoms in total. The number of hydrogen-bond acceptors (Lipinski definition) is 3. The molecule has 0 spiro atoms. The Labute approximate surface area is 108 Å². The fraction of sp³-hybridized carbons (Fsp3) is 0.0714. The molecule has 1 aromatic carbocycles. The van der Waals surface area contributed by atoms with Crippen LogP contribution in [0.3, 0.4) is 0 Å². The molecule has 1 N–H and O–H groups in total. The molecule has 0 unspecified atom stereocenters. The minimum Gasteiger partial charge on any atom is -0.303 e. The summed E-state index contributed by atoms with van der Waals surface area (Å²) >= 11 is 0. The zero-order chi connectivity index (χ0) is 13.8. The molecule has 5 heteroatoms. The summed E-state index contributed by atoms with van der Waals surface area (Å²) in [6, 6.07) is 9.26. The van der Waals surface area contributed by atoms with E-state index in [2.05, 4.69) is 4.98 Å². The van der Waals surface area contributed by atoms with Gasteiger partial charge in [-0.3, -0.25) is 14.6 Å². The maximum absolute atomic E-state index is 11.9. The van der Waals surface area contributed by atoms with Crippen molar-refractivity contribution in [3.63, 3.8) is 0 Å². The van der Waals surface area contributed by atoms with Crippen LogP contribution in [0.5, 0.6) is 0 Å². The lowest BCUT2D eigenvalue weighted by molar-refractivity contribution is 0.104. The monoisotopic (exact) mass is 256 g/mol. The molecular weight excluding hydrogens is 244 g/mol. The van der Waals surface area contributed by atoms with Crippen LogP contribution < -0.4 is 11.2 Å². The summed E-state index contributed by atoms with van der Waals surface area (Å²) in [5.41, 5.74) is -0.425. The van der Waals surface area contributed by atoms with Crippen molar-refractivity contribution < 1.29 is 4.79 Å². The van der Waals surface area contributed by atoms with Crippen molar-refractivity contribution in [2.75, 3.05) is 0 Å². The predicted molar refractivity (Wildman–Crippen MR) is 72.1 cm³/mol. The SMILES string of the molecule is Cn1cc(C(=O)/C=C/c2ccccc2)c(=O)[nH]c1=O. The number of aromatic nitrogens is 2. The Hall–Kier alpha value is -2.69. The first kappa shape index (κ1) is 12.8.